The number of aromatic nitrogens is 2. The van der Waals surface area contributed by atoms with Crippen molar-refractivity contribution in [3.63, 3.8) is 0 Å². The first kappa shape index (κ1) is 14.2. The predicted molar refractivity (Wildman–Crippen MR) is 86.6 cm³/mol. The SMILES string of the molecule is COc1ccccc1SCc1cc(=O)n2c(C)csc2n1. The Bertz CT molecular complexity index is 839. The minimum Gasteiger partial charge on any atom is -0.496 e. The molecule has 3 rings (SSSR count). The summed E-state index contributed by atoms with van der Waals surface area (Å²) in [5.74, 6) is 1.48. The van der Waals surface area contributed by atoms with Gasteiger partial charge in [0.05, 0.1) is 12.8 Å². The van der Waals surface area contributed by atoms with Gasteiger partial charge in [-0.25, -0.2) is 4.98 Å². The molecule has 6 heteroatoms. The second kappa shape index (κ2) is 5.91. The van der Waals surface area contributed by atoms with Crippen molar-refractivity contribution < 1.29 is 4.74 Å². The molecule has 2 aromatic heterocycles. The van der Waals surface area contributed by atoms with Crippen molar-refractivity contribution in [2.75, 3.05) is 7.11 Å². The zero-order valence-electron chi connectivity index (χ0n) is 11.7. The van der Waals surface area contributed by atoms with Crippen molar-refractivity contribution in [2.24, 2.45) is 0 Å². The molecule has 0 aliphatic heterocycles. The summed E-state index contributed by atoms with van der Waals surface area (Å²) in [4.78, 5) is 18.5. The maximum Gasteiger partial charge on any atom is 0.258 e. The number of nitrogens with zero attached hydrogens (tertiary/aromatic N) is 2. The molecule has 0 radical (unpaired) electrons. The third-order valence-electron chi connectivity index (χ3n) is 3.07. The lowest BCUT2D eigenvalue weighted by atomic mass is 10.3. The van der Waals surface area contributed by atoms with Crippen LogP contribution >= 0.6 is 23.1 Å². The van der Waals surface area contributed by atoms with Gasteiger partial charge in [-0.05, 0) is 19.1 Å². The quantitative estimate of drug-likeness (QED) is 0.692. The third kappa shape index (κ3) is 2.82. The summed E-state index contributed by atoms with van der Waals surface area (Å²) in [5, 5.41) is 1.95. The van der Waals surface area contributed by atoms with Crippen LogP contribution in [0.3, 0.4) is 0 Å². The fourth-order valence-corrected chi connectivity index (χ4v) is 3.87. The van der Waals surface area contributed by atoms with Crippen LogP contribution in [-0.4, -0.2) is 16.5 Å². The molecule has 0 amide bonds. The highest BCUT2D eigenvalue weighted by molar-refractivity contribution is 7.98. The van der Waals surface area contributed by atoms with Crippen molar-refractivity contribution >= 4 is 28.1 Å². The molecule has 0 aliphatic rings. The first-order valence-electron chi connectivity index (χ1n) is 6.41. The van der Waals surface area contributed by atoms with Gasteiger partial charge in [0.2, 0.25) is 0 Å². The molecular formula is C15H14N2O2S2. The fourth-order valence-electron chi connectivity index (χ4n) is 2.06. The molecule has 0 unspecified atom stereocenters. The highest BCUT2D eigenvalue weighted by Gasteiger charge is 2.08. The van der Waals surface area contributed by atoms with E-state index in [4.69, 9.17) is 4.74 Å². The molecule has 0 bridgehead atoms. The van der Waals surface area contributed by atoms with Crippen LogP contribution in [0.15, 0.2) is 45.4 Å². The van der Waals surface area contributed by atoms with Crippen LogP contribution in [-0.2, 0) is 5.75 Å². The third-order valence-corrected chi connectivity index (χ3v) is 5.11. The number of aryl methyl sites for hydroxylation is 1. The van der Waals surface area contributed by atoms with E-state index in [0.717, 1.165) is 27.0 Å². The van der Waals surface area contributed by atoms with Crippen LogP contribution < -0.4 is 10.3 Å². The summed E-state index contributed by atoms with van der Waals surface area (Å²) in [7, 11) is 1.66. The number of rotatable bonds is 4. The Kier molecular flexibility index (Phi) is 3.98. The van der Waals surface area contributed by atoms with E-state index in [0.29, 0.717) is 5.75 Å². The average molecular weight is 318 g/mol. The van der Waals surface area contributed by atoms with Crippen LogP contribution in [0.5, 0.6) is 5.75 Å². The molecule has 21 heavy (non-hydrogen) atoms. The van der Waals surface area contributed by atoms with Crippen molar-refractivity contribution in [1.29, 1.82) is 0 Å². The van der Waals surface area contributed by atoms with Gasteiger partial charge in [0, 0.05) is 27.8 Å². The molecule has 0 atom stereocenters. The normalized spacial score (nSPS) is 11.0. The van der Waals surface area contributed by atoms with E-state index in [-0.39, 0.29) is 5.56 Å². The smallest absolute Gasteiger partial charge is 0.258 e. The largest absolute Gasteiger partial charge is 0.496 e. The number of hydrogen-bond acceptors (Lipinski definition) is 5. The van der Waals surface area contributed by atoms with Gasteiger partial charge in [0.25, 0.3) is 5.56 Å². The lowest BCUT2D eigenvalue weighted by Crippen LogP contribution is -2.14. The van der Waals surface area contributed by atoms with Gasteiger partial charge in [-0.2, -0.15) is 0 Å². The molecule has 0 fully saturated rings. The molecule has 1 aromatic carbocycles. The van der Waals surface area contributed by atoms with Gasteiger partial charge < -0.3 is 4.74 Å². The molecule has 0 aliphatic carbocycles. The van der Waals surface area contributed by atoms with Crippen LogP contribution in [0, 0.1) is 6.92 Å². The molecule has 0 saturated carbocycles. The minimum atomic E-state index is -0.0191. The van der Waals surface area contributed by atoms with E-state index in [9.17, 15) is 4.79 Å². The average Bonchev–Trinajstić information content (AvgIpc) is 2.87. The summed E-state index contributed by atoms with van der Waals surface area (Å²) in [5.41, 5.74) is 1.70. The topological polar surface area (TPSA) is 43.6 Å². The number of ether oxygens (including phenoxy) is 1. The van der Waals surface area contributed by atoms with Crippen LogP contribution in [0.2, 0.25) is 0 Å². The number of benzene rings is 1. The monoisotopic (exact) mass is 318 g/mol. The van der Waals surface area contributed by atoms with Crippen molar-refractivity contribution in [3.8, 4) is 5.75 Å². The summed E-state index contributed by atoms with van der Waals surface area (Å²) >= 11 is 3.11. The molecule has 0 saturated heterocycles. The summed E-state index contributed by atoms with van der Waals surface area (Å²) in [6.07, 6.45) is 0. The minimum absolute atomic E-state index is 0.0191. The predicted octanol–water partition coefficient (Wildman–Crippen LogP) is 3.37. The van der Waals surface area contributed by atoms with Gasteiger partial charge in [-0.3, -0.25) is 9.20 Å². The maximum absolute atomic E-state index is 12.1. The second-order valence-electron chi connectivity index (χ2n) is 4.52. The van der Waals surface area contributed by atoms with E-state index >= 15 is 0 Å². The molecule has 108 valence electrons. The number of hydrogen-bond donors (Lipinski definition) is 0. The van der Waals surface area contributed by atoms with Gasteiger partial charge in [0.1, 0.15) is 5.75 Å². The molecular weight excluding hydrogens is 304 g/mol. The van der Waals surface area contributed by atoms with Gasteiger partial charge >= 0.3 is 0 Å². The van der Waals surface area contributed by atoms with E-state index in [2.05, 4.69) is 4.98 Å². The Morgan fingerprint density at radius 3 is 3.00 bits per heavy atom. The molecule has 0 N–H and O–H groups in total. The number of para-hydroxylation sites is 1. The molecule has 2 heterocycles. The molecule has 0 spiro atoms. The molecule has 3 aromatic rings. The molecule has 4 nitrogen and oxygen atoms in total. The number of thiazole rings is 1. The van der Waals surface area contributed by atoms with Gasteiger partial charge in [0.15, 0.2) is 4.96 Å². The zero-order valence-corrected chi connectivity index (χ0v) is 13.3. The van der Waals surface area contributed by atoms with E-state index in [1.807, 2.05) is 36.6 Å². The first-order chi connectivity index (χ1) is 10.2. The lowest BCUT2D eigenvalue weighted by molar-refractivity contribution is 0.405. The summed E-state index contributed by atoms with van der Waals surface area (Å²) in [6.45, 7) is 1.91. The Labute approximate surface area is 130 Å². The summed E-state index contributed by atoms with van der Waals surface area (Å²) in [6, 6.07) is 9.45. The number of fused-ring (bicyclic) bond motifs is 1. The Balaban J connectivity index is 1.87. The second-order valence-corrected chi connectivity index (χ2v) is 6.37. The van der Waals surface area contributed by atoms with Gasteiger partial charge in [-0.15, -0.1) is 23.1 Å². The van der Waals surface area contributed by atoms with Crippen LogP contribution in [0.1, 0.15) is 11.4 Å². The number of thioether (sulfide) groups is 1. The highest BCUT2D eigenvalue weighted by Crippen LogP contribution is 2.30. The fraction of sp³-hybridized carbons (Fsp3) is 0.200. The Hall–Kier alpha value is -1.79. The van der Waals surface area contributed by atoms with E-state index in [1.54, 1.807) is 29.3 Å². The number of methoxy groups -OCH3 is 1. The highest BCUT2D eigenvalue weighted by atomic mass is 32.2. The first-order valence-corrected chi connectivity index (χ1v) is 8.28. The van der Waals surface area contributed by atoms with Crippen molar-refractivity contribution in [3.05, 3.63) is 57.5 Å². The van der Waals surface area contributed by atoms with Gasteiger partial charge in [-0.1, -0.05) is 12.1 Å². The Morgan fingerprint density at radius 1 is 1.38 bits per heavy atom. The Morgan fingerprint density at radius 2 is 2.19 bits per heavy atom. The maximum atomic E-state index is 12.1. The van der Waals surface area contributed by atoms with Crippen LogP contribution in [0.25, 0.3) is 4.96 Å². The summed E-state index contributed by atoms with van der Waals surface area (Å²) < 4.78 is 6.97. The standard InChI is InChI=1S/C15H14N2O2S2/c1-10-8-21-15-16-11(7-14(18)17(10)15)9-20-13-6-4-3-5-12(13)19-2/h3-8H,9H2,1-2H3. The van der Waals surface area contributed by atoms with Crippen molar-refractivity contribution in [1.82, 2.24) is 9.38 Å². The van der Waals surface area contributed by atoms with E-state index in [1.165, 1.54) is 11.3 Å². The van der Waals surface area contributed by atoms with E-state index < -0.39 is 0 Å². The van der Waals surface area contributed by atoms with Crippen LogP contribution in [0.4, 0.5) is 0 Å². The zero-order chi connectivity index (χ0) is 14.8. The van der Waals surface area contributed by atoms with Crippen molar-refractivity contribution in [2.45, 2.75) is 17.6 Å². The lowest BCUT2D eigenvalue weighted by Gasteiger charge is -2.07.